The van der Waals surface area contributed by atoms with Crippen molar-refractivity contribution < 1.29 is 4.79 Å². The van der Waals surface area contributed by atoms with Gasteiger partial charge < -0.3 is 10.6 Å². The molecular weight excluding hydrogens is 240 g/mol. The molecule has 0 radical (unpaired) electrons. The summed E-state index contributed by atoms with van der Waals surface area (Å²) in [6.07, 6.45) is 2.06. The van der Waals surface area contributed by atoms with Gasteiger partial charge in [0.05, 0.1) is 11.4 Å². The van der Waals surface area contributed by atoms with Crippen LogP contribution in [0.25, 0.3) is 0 Å². The maximum absolute atomic E-state index is 12.4. The number of carbonyl (C=O) groups excluding carboxylic acids is 1. The number of nitrogens with one attached hydrogen (secondary N) is 1. The monoisotopic (exact) mass is 264 g/mol. The zero-order valence-corrected chi connectivity index (χ0v) is 12.3. The molecule has 19 heavy (non-hydrogen) atoms. The number of nitrogen functional groups attached to an aromatic ring is 1. The van der Waals surface area contributed by atoms with Gasteiger partial charge in [-0.15, -0.1) is 0 Å². The lowest BCUT2D eigenvalue weighted by molar-refractivity contribution is 0.0625. The molecule has 0 aromatic carbocycles. The second kappa shape index (κ2) is 4.87. The Morgan fingerprint density at radius 3 is 2.42 bits per heavy atom. The Labute approximate surface area is 114 Å². The number of likely N-dealkylation sites (tertiary alicyclic amines) is 1. The number of H-pyrrole nitrogens is 1. The topological polar surface area (TPSA) is 75.0 Å². The molecule has 1 aromatic rings. The lowest BCUT2D eigenvalue weighted by atomic mass is 9.82. The molecular formula is C14H24N4O. The number of nitrogens with two attached hydrogens (primary N) is 1. The first-order valence-corrected chi connectivity index (χ1v) is 6.95. The van der Waals surface area contributed by atoms with E-state index >= 15 is 0 Å². The molecule has 0 unspecified atom stereocenters. The number of nitrogens with zero attached hydrogens (tertiary/aromatic N) is 2. The molecule has 1 aliphatic heterocycles. The Morgan fingerprint density at radius 1 is 1.37 bits per heavy atom. The van der Waals surface area contributed by atoms with Crippen molar-refractivity contribution in [3.05, 3.63) is 11.4 Å². The molecule has 106 valence electrons. The molecule has 0 saturated carbocycles. The number of anilines is 1. The predicted octanol–water partition coefficient (Wildman–Crippen LogP) is 2.38. The van der Waals surface area contributed by atoms with E-state index < -0.39 is 0 Å². The van der Waals surface area contributed by atoms with E-state index in [1.807, 2.05) is 18.7 Å². The average molecular weight is 264 g/mol. The van der Waals surface area contributed by atoms with E-state index in [0.717, 1.165) is 31.6 Å². The van der Waals surface area contributed by atoms with Crippen LogP contribution < -0.4 is 5.73 Å². The fourth-order valence-electron chi connectivity index (χ4n) is 2.43. The van der Waals surface area contributed by atoms with Crippen LogP contribution in [0.3, 0.4) is 0 Å². The van der Waals surface area contributed by atoms with Crippen molar-refractivity contribution in [1.82, 2.24) is 15.1 Å². The Bertz CT molecular complexity index is 466. The van der Waals surface area contributed by atoms with Crippen LogP contribution in [0, 0.1) is 5.41 Å². The summed E-state index contributed by atoms with van der Waals surface area (Å²) in [7, 11) is 0. The number of rotatable bonds is 2. The molecule has 0 aliphatic carbocycles. The van der Waals surface area contributed by atoms with Crippen molar-refractivity contribution in [2.75, 3.05) is 18.8 Å². The summed E-state index contributed by atoms with van der Waals surface area (Å²) < 4.78 is 0. The van der Waals surface area contributed by atoms with Crippen LogP contribution in [0.2, 0.25) is 0 Å². The molecule has 0 bridgehead atoms. The fraction of sp³-hybridized carbons (Fsp3) is 0.714. The van der Waals surface area contributed by atoms with Crippen molar-refractivity contribution in [3.8, 4) is 0 Å². The summed E-state index contributed by atoms with van der Waals surface area (Å²) in [6.45, 7) is 10.1. The highest BCUT2D eigenvalue weighted by atomic mass is 16.2. The maximum atomic E-state index is 12.4. The molecule has 5 nitrogen and oxygen atoms in total. The van der Waals surface area contributed by atoms with Crippen molar-refractivity contribution in [3.63, 3.8) is 0 Å². The summed E-state index contributed by atoms with van der Waals surface area (Å²) in [5.74, 6) is 0.200. The van der Waals surface area contributed by atoms with Gasteiger partial charge in [-0.05, 0) is 24.2 Å². The summed E-state index contributed by atoms with van der Waals surface area (Å²) in [5, 5.41) is 6.99. The van der Waals surface area contributed by atoms with Crippen molar-refractivity contribution in [2.24, 2.45) is 5.41 Å². The molecule has 1 aliphatic rings. The minimum absolute atomic E-state index is 0.0452. The summed E-state index contributed by atoms with van der Waals surface area (Å²) in [5.41, 5.74) is 8.08. The third kappa shape index (κ3) is 2.74. The lowest BCUT2D eigenvalue weighted by Crippen LogP contribution is -2.41. The molecule has 0 spiro atoms. The van der Waals surface area contributed by atoms with Gasteiger partial charge in [0.2, 0.25) is 0 Å². The van der Waals surface area contributed by atoms with Crippen molar-refractivity contribution in [1.29, 1.82) is 0 Å². The summed E-state index contributed by atoms with van der Waals surface area (Å²) >= 11 is 0. The summed E-state index contributed by atoms with van der Waals surface area (Å²) in [6, 6.07) is 0. The van der Waals surface area contributed by atoms with Gasteiger partial charge in [0, 0.05) is 13.1 Å². The molecule has 3 N–H and O–H groups in total. The predicted molar refractivity (Wildman–Crippen MR) is 76.0 cm³/mol. The zero-order valence-electron chi connectivity index (χ0n) is 12.3. The van der Waals surface area contributed by atoms with Crippen LogP contribution in [0.4, 0.5) is 5.69 Å². The first-order valence-electron chi connectivity index (χ1n) is 6.95. The highest BCUT2D eigenvalue weighted by Gasteiger charge is 2.30. The number of hydrogen-bond acceptors (Lipinski definition) is 3. The van der Waals surface area contributed by atoms with E-state index in [4.69, 9.17) is 5.73 Å². The number of carbonyl (C=O) groups is 1. The first kappa shape index (κ1) is 13.9. The maximum Gasteiger partial charge on any atom is 0.276 e. The van der Waals surface area contributed by atoms with Gasteiger partial charge in [0.25, 0.3) is 5.91 Å². The number of piperidine rings is 1. The number of hydrogen-bond donors (Lipinski definition) is 2. The fourth-order valence-corrected chi connectivity index (χ4v) is 2.43. The van der Waals surface area contributed by atoms with E-state index in [9.17, 15) is 4.79 Å². The van der Waals surface area contributed by atoms with Crippen molar-refractivity contribution in [2.45, 2.75) is 46.5 Å². The second-order valence-electron chi connectivity index (χ2n) is 6.51. The molecule has 1 aromatic heterocycles. The normalized spacial score (nSPS) is 18.9. The number of amides is 1. The van der Waals surface area contributed by atoms with Gasteiger partial charge in [-0.25, -0.2) is 0 Å². The average Bonchev–Trinajstić information content (AvgIpc) is 2.70. The standard InChI is InChI=1S/C14H24N4O/c1-9(2)11-10(15)12(17-16-11)13(19)18-7-5-14(3,4)6-8-18/h9H,5-8,15H2,1-4H3,(H,16,17). The van der Waals surface area contributed by atoms with Gasteiger partial charge in [-0.3, -0.25) is 9.89 Å². The van der Waals surface area contributed by atoms with E-state index in [0.29, 0.717) is 16.8 Å². The van der Waals surface area contributed by atoms with E-state index in [2.05, 4.69) is 24.0 Å². The highest BCUT2D eigenvalue weighted by molar-refractivity contribution is 5.97. The molecule has 1 fully saturated rings. The smallest absolute Gasteiger partial charge is 0.276 e. The molecule has 1 saturated heterocycles. The molecule has 1 amide bonds. The number of aromatic nitrogens is 2. The van der Waals surface area contributed by atoms with Gasteiger partial charge in [0.15, 0.2) is 5.69 Å². The van der Waals surface area contributed by atoms with E-state index in [1.54, 1.807) is 0 Å². The van der Waals surface area contributed by atoms with Crippen LogP contribution in [-0.4, -0.2) is 34.1 Å². The third-order valence-corrected chi connectivity index (χ3v) is 4.02. The molecule has 5 heteroatoms. The Kier molecular flexibility index (Phi) is 3.56. The number of aromatic amines is 1. The van der Waals surface area contributed by atoms with Crippen LogP contribution >= 0.6 is 0 Å². The molecule has 0 atom stereocenters. The van der Waals surface area contributed by atoms with Crippen molar-refractivity contribution >= 4 is 11.6 Å². The molecule has 2 rings (SSSR count). The van der Waals surface area contributed by atoms with E-state index in [1.165, 1.54) is 0 Å². The van der Waals surface area contributed by atoms with Crippen LogP contribution in [0.15, 0.2) is 0 Å². The van der Waals surface area contributed by atoms with Gasteiger partial charge in [0.1, 0.15) is 0 Å². The van der Waals surface area contributed by atoms with Gasteiger partial charge in [-0.2, -0.15) is 5.10 Å². The zero-order chi connectivity index (χ0) is 14.2. The van der Waals surface area contributed by atoms with Crippen LogP contribution in [-0.2, 0) is 0 Å². The Balaban J connectivity index is 2.13. The summed E-state index contributed by atoms with van der Waals surface area (Å²) in [4.78, 5) is 14.3. The van der Waals surface area contributed by atoms with Gasteiger partial charge in [-0.1, -0.05) is 27.7 Å². The lowest BCUT2D eigenvalue weighted by Gasteiger charge is -2.36. The molecule has 2 heterocycles. The first-order chi connectivity index (χ1) is 8.82. The Hall–Kier alpha value is -1.52. The Morgan fingerprint density at radius 2 is 1.95 bits per heavy atom. The third-order valence-electron chi connectivity index (χ3n) is 4.02. The second-order valence-corrected chi connectivity index (χ2v) is 6.51. The largest absolute Gasteiger partial charge is 0.395 e. The minimum Gasteiger partial charge on any atom is -0.395 e. The minimum atomic E-state index is -0.0452. The quantitative estimate of drug-likeness (QED) is 0.861. The SMILES string of the molecule is CC(C)c1[nH]nc(C(=O)N2CCC(C)(C)CC2)c1N. The highest BCUT2D eigenvalue weighted by Crippen LogP contribution is 2.31. The van der Waals surface area contributed by atoms with Crippen LogP contribution in [0.1, 0.15) is 62.6 Å². The van der Waals surface area contributed by atoms with Gasteiger partial charge >= 0.3 is 0 Å². The van der Waals surface area contributed by atoms with E-state index in [-0.39, 0.29) is 11.8 Å². The van der Waals surface area contributed by atoms with Crippen LogP contribution in [0.5, 0.6) is 0 Å².